The van der Waals surface area contributed by atoms with Crippen molar-refractivity contribution in [3.05, 3.63) is 24.3 Å². The summed E-state index contributed by atoms with van der Waals surface area (Å²) in [5.74, 6) is -0.722. The molecule has 0 heterocycles. The van der Waals surface area contributed by atoms with Crippen molar-refractivity contribution in [2.45, 2.75) is 25.7 Å². The summed E-state index contributed by atoms with van der Waals surface area (Å²) in [6.07, 6.45) is 2.88. The smallest absolute Gasteiger partial charge is 0.303 e. The standard InChI is InChI=1S/C12H18N2O2/c13-10-6-3-4-7-11(10)14-9-5-1-2-8-12(15)16/h3-4,6-7,14H,1-2,5,8-9,13H2,(H,15,16). The summed E-state index contributed by atoms with van der Waals surface area (Å²) in [6, 6.07) is 7.62. The largest absolute Gasteiger partial charge is 0.481 e. The number of carboxylic acids is 1. The topological polar surface area (TPSA) is 75.3 Å². The Morgan fingerprint density at radius 3 is 2.69 bits per heavy atom. The third-order valence-corrected chi connectivity index (χ3v) is 2.34. The van der Waals surface area contributed by atoms with E-state index in [1.807, 2.05) is 24.3 Å². The first-order valence-corrected chi connectivity index (χ1v) is 5.50. The van der Waals surface area contributed by atoms with Gasteiger partial charge in [0.2, 0.25) is 0 Å². The summed E-state index contributed by atoms with van der Waals surface area (Å²) in [5, 5.41) is 11.7. The molecule has 0 saturated heterocycles. The molecular weight excluding hydrogens is 204 g/mol. The number of para-hydroxylation sites is 2. The maximum atomic E-state index is 10.3. The van der Waals surface area contributed by atoms with Crippen LogP contribution in [0.4, 0.5) is 11.4 Å². The highest BCUT2D eigenvalue weighted by molar-refractivity contribution is 5.66. The summed E-state index contributed by atoms with van der Waals surface area (Å²) in [4.78, 5) is 10.3. The quantitative estimate of drug-likeness (QED) is 0.489. The predicted octanol–water partition coefficient (Wildman–Crippen LogP) is 2.33. The third kappa shape index (κ3) is 4.68. The van der Waals surface area contributed by atoms with Crippen LogP contribution in [-0.4, -0.2) is 17.6 Å². The van der Waals surface area contributed by atoms with Gasteiger partial charge in [-0.1, -0.05) is 18.6 Å². The van der Waals surface area contributed by atoms with Crippen LogP contribution in [0.2, 0.25) is 0 Å². The number of carboxylic acid groups (broad SMARTS) is 1. The van der Waals surface area contributed by atoms with Crippen LogP contribution in [-0.2, 0) is 4.79 Å². The van der Waals surface area contributed by atoms with E-state index in [1.165, 1.54) is 0 Å². The first-order chi connectivity index (χ1) is 7.70. The Labute approximate surface area is 95.5 Å². The molecule has 0 bridgehead atoms. The normalized spacial score (nSPS) is 10.0. The fraction of sp³-hybridized carbons (Fsp3) is 0.417. The molecule has 0 atom stereocenters. The minimum Gasteiger partial charge on any atom is -0.481 e. The number of hydrogen-bond donors (Lipinski definition) is 3. The van der Waals surface area contributed by atoms with Crippen LogP contribution in [0.1, 0.15) is 25.7 Å². The molecule has 16 heavy (non-hydrogen) atoms. The number of benzene rings is 1. The summed E-state index contributed by atoms with van der Waals surface area (Å²) in [6.45, 7) is 0.827. The van der Waals surface area contributed by atoms with Crippen molar-refractivity contribution in [1.29, 1.82) is 0 Å². The van der Waals surface area contributed by atoms with E-state index in [0.29, 0.717) is 0 Å². The molecule has 0 aromatic heterocycles. The van der Waals surface area contributed by atoms with Gasteiger partial charge in [-0.15, -0.1) is 0 Å². The maximum Gasteiger partial charge on any atom is 0.303 e. The lowest BCUT2D eigenvalue weighted by Gasteiger charge is -2.08. The lowest BCUT2D eigenvalue weighted by molar-refractivity contribution is -0.137. The number of nitrogens with one attached hydrogen (secondary N) is 1. The van der Waals surface area contributed by atoms with Crippen molar-refractivity contribution < 1.29 is 9.90 Å². The Balaban J connectivity index is 2.12. The Morgan fingerprint density at radius 1 is 1.25 bits per heavy atom. The fourth-order valence-electron chi connectivity index (χ4n) is 1.46. The zero-order valence-electron chi connectivity index (χ0n) is 9.28. The molecule has 0 saturated carbocycles. The van der Waals surface area contributed by atoms with E-state index in [-0.39, 0.29) is 6.42 Å². The molecule has 0 aliphatic rings. The molecule has 4 nitrogen and oxygen atoms in total. The SMILES string of the molecule is Nc1ccccc1NCCCCCC(=O)O. The zero-order chi connectivity index (χ0) is 11.8. The van der Waals surface area contributed by atoms with Crippen molar-refractivity contribution in [1.82, 2.24) is 0 Å². The summed E-state index contributed by atoms with van der Waals surface area (Å²) < 4.78 is 0. The van der Waals surface area contributed by atoms with Gasteiger partial charge in [0.25, 0.3) is 0 Å². The Hall–Kier alpha value is -1.71. The summed E-state index contributed by atoms with van der Waals surface area (Å²) in [5.41, 5.74) is 7.45. The van der Waals surface area contributed by atoms with Crippen molar-refractivity contribution in [3.8, 4) is 0 Å². The lowest BCUT2D eigenvalue weighted by Crippen LogP contribution is -2.04. The average Bonchev–Trinajstić information content (AvgIpc) is 2.25. The molecule has 0 amide bonds. The van der Waals surface area contributed by atoms with Gasteiger partial charge in [-0.25, -0.2) is 0 Å². The number of hydrogen-bond acceptors (Lipinski definition) is 3. The van der Waals surface area contributed by atoms with Crippen molar-refractivity contribution in [3.63, 3.8) is 0 Å². The molecule has 4 N–H and O–H groups in total. The van der Waals surface area contributed by atoms with Gasteiger partial charge in [-0.2, -0.15) is 0 Å². The first kappa shape index (κ1) is 12.4. The molecule has 1 rings (SSSR count). The molecule has 0 spiro atoms. The molecule has 1 aromatic carbocycles. The second-order valence-electron chi connectivity index (χ2n) is 3.72. The van der Waals surface area contributed by atoms with Crippen molar-refractivity contribution in [2.24, 2.45) is 0 Å². The number of rotatable bonds is 7. The van der Waals surface area contributed by atoms with Crippen LogP contribution in [0.5, 0.6) is 0 Å². The van der Waals surface area contributed by atoms with Gasteiger partial charge < -0.3 is 16.2 Å². The number of unbranched alkanes of at least 4 members (excludes halogenated alkanes) is 2. The van der Waals surface area contributed by atoms with Crippen LogP contribution >= 0.6 is 0 Å². The number of nitrogen functional groups attached to an aromatic ring is 1. The Bertz CT molecular complexity index is 340. The minimum absolute atomic E-state index is 0.257. The lowest BCUT2D eigenvalue weighted by atomic mass is 10.2. The first-order valence-electron chi connectivity index (χ1n) is 5.50. The Morgan fingerprint density at radius 2 is 2.00 bits per heavy atom. The molecule has 0 aliphatic carbocycles. The minimum atomic E-state index is -0.722. The van der Waals surface area contributed by atoms with Gasteiger partial charge >= 0.3 is 5.97 Å². The van der Waals surface area contributed by atoms with E-state index in [4.69, 9.17) is 10.8 Å². The maximum absolute atomic E-state index is 10.3. The van der Waals surface area contributed by atoms with Crippen molar-refractivity contribution >= 4 is 17.3 Å². The van der Waals surface area contributed by atoms with Gasteiger partial charge in [0.05, 0.1) is 11.4 Å². The van der Waals surface area contributed by atoms with E-state index in [9.17, 15) is 4.79 Å². The summed E-state index contributed by atoms with van der Waals surface area (Å²) >= 11 is 0. The molecule has 1 aromatic rings. The van der Waals surface area contributed by atoms with Gasteiger partial charge in [0.15, 0.2) is 0 Å². The molecule has 88 valence electrons. The van der Waals surface area contributed by atoms with Gasteiger partial charge in [-0.05, 0) is 25.0 Å². The molecule has 0 unspecified atom stereocenters. The number of carbonyl (C=O) groups is 1. The number of nitrogens with two attached hydrogens (primary N) is 1. The predicted molar refractivity (Wildman–Crippen MR) is 65.4 cm³/mol. The van der Waals surface area contributed by atoms with E-state index in [0.717, 1.165) is 37.2 Å². The monoisotopic (exact) mass is 222 g/mol. The second kappa shape index (κ2) is 6.71. The fourth-order valence-corrected chi connectivity index (χ4v) is 1.46. The highest BCUT2D eigenvalue weighted by Crippen LogP contribution is 2.16. The van der Waals surface area contributed by atoms with Gasteiger partial charge in [0.1, 0.15) is 0 Å². The van der Waals surface area contributed by atoms with E-state index in [2.05, 4.69) is 5.32 Å². The molecule has 4 heteroatoms. The van der Waals surface area contributed by atoms with Crippen LogP contribution in [0.3, 0.4) is 0 Å². The van der Waals surface area contributed by atoms with Crippen LogP contribution < -0.4 is 11.1 Å². The van der Waals surface area contributed by atoms with Gasteiger partial charge in [0, 0.05) is 13.0 Å². The summed E-state index contributed by atoms with van der Waals surface area (Å²) in [7, 11) is 0. The van der Waals surface area contributed by atoms with E-state index in [1.54, 1.807) is 0 Å². The second-order valence-corrected chi connectivity index (χ2v) is 3.72. The molecule has 0 aliphatic heterocycles. The highest BCUT2D eigenvalue weighted by Gasteiger charge is 1.98. The van der Waals surface area contributed by atoms with Crippen LogP contribution in [0.15, 0.2) is 24.3 Å². The Kier molecular flexibility index (Phi) is 5.19. The highest BCUT2D eigenvalue weighted by atomic mass is 16.4. The van der Waals surface area contributed by atoms with Crippen LogP contribution in [0, 0.1) is 0 Å². The number of aliphatic carboxylic acids is 1. The average molecular weight is 222 g/mol. The molecule has 0 radical (unpaired) electrons. The van der Waals surface area contributed by atoms with Crippen molar-refractivity contribution in [2.75, 3.05) is 17.6 Å². The molecule has 0 fully saturated rings. The van der Waals surface area contributed by atoms with Crippen LogP contribution in [0.25, 0.3) is 0 Å². The van der Waals surface area contributed by atoms with Gasteiger partial charge in [-0.3, -0.25) is 4.79 Å². The molecular formula is C12H18N2O2. The van der Waals surface area contributed by atoms with E-state index < -0.39 is 5.97 Å². The number of anilines is 2. The van der Waals surface area contributed by atoms with E-state index >= 15 is 0 Å². The third-order valence-electron chi connectivity index (χ3n) is 2.34. The zero-order valence-corrected chi connectivity index (χ0v) is 9.28.